The van der Waals surface area contributed by atoms with E-state index in [4.69, 9.17) is 18.6 Å². The van der Waals surface area contributed by atoms with Gasteiger partial charge in [-0.1, -0.05) is 13.8 Å². The van der Waals surface area contributed by atoms with E-state index in [1.807, 2.05) is 13.8 Å². The standard InChI is InChI=1S/C18H22N2O5/c1-3-7-20(8-4-2)18(21)14-10-23-17(19-14)11-22-13-5-6-15-16(9-13)25-12-24-15/h5-6,9-10H,3-4,7-8,11-12H2,1-2H3. The number of oxazole rings is 1. The number of hydrogen-bond acceptors (Lipinski definition) is 6. The highest BCUT2D eigenvalue weighted by Crippen LogP contribution is 2.35. The molecular weight excluding hydrogens is 324 g/mol. The molecule has 2 aromatic rings. The maximum Gasteiger partial charge on any atom is 0.275 e. The van der Waals surface area contributed by atoms with Crippen LogP contribution in [-0.4, -0.2) is 35.7 Å². The fourth-order valence-corrected chi connectivity index (χ4v) is 2.60. The molecule has 0 saturated carbocycles. The quantitative estimate of drug-likeness (QED) is 0.730. The first-order valence-electron chi connectivity index (χ1n) is 8.47. The van der Waals surface area contributed by atoms with Gasteiger partial charge in [0.05, 0.1) is 0 Å². The second-order valence-electron chi connectivity index (χ2n) is 5.72. The molecule has 0 radical (unpaired) electrons. The van der Waals surface area contributed by atoms with Gasteiger partial charge in [0, 0.05) is 19.2 Å². The van der Waals surface area contributed by atoms with Crippen molar-refractivity contribution in [2.75, 3.05) is 19.9 Å². The van der Waals surface area contributed by atoms with Gasteiger partial charge in [-0.3, -0.25) is 4.79 Å². The summed E-state index contributed by atoms with van der Waals surface area (Å²) in [6.07, 6.45) is 3.20. The van der Waals surface area contributed by atoms with Crippen LogP contribution >= 0.6 is 0 Å². The van der Waals surface area contributed by atoms with E-state index < -0.39 is 0 Å². The van der Waals surface area contributed by atoms with Crippen molar-refractivity contribution >= 4 is 5.91 Å². The topological polar surface area (TPSA) is 74.0 Å². The highest BCUT2D eigenvalue weighted by atomic mass is 16.7. The maximum atomic E-state index is 12.5. The molecule has 0 fully saturated rings. The number of rotatable bonds is 8. The van der Waals surface area contributed by atoms with Crippen LogP contribution in [-0.2, 0) is 6.61 Å². The molecular formula is C18H22N2O5. The molecule has 1 aromatic carbocycles. The van der Waals surface area contributed by atoms with E-state index in [1.165, 1.54) is 6.26 Å². The highest BCUT2D eigenvalue weighted by Gasteiger charge is 2.19. The lowest BCUT2D eigenvalue weighted by Gasteiger charge is -2.19. The minimum atomic E-state index is -0.109. The van der Waals surface area contributed by atoms with Crippen molar-refractivity contribution in [3.05, 3.63) is 36.0 Å². The molecule has 134 valence electrons. The van der Waals surface area contributed by atoms with Gasteiger partial charge in [0.1, 0.15) is 12.0 Å². The minimum Gasteiger partial charge on any atom is -0.484 e. The lowest BCUT2D eigenvalue weighted by Crippen LogP contribution is -2.32. The number of carbonyl (C=O) groups is 1. The molecule has 1 aliphatic heterocycles. The molecule has 0 saturated heterocycles. The monoisotopic (exact) mass is 346 g/mol. The average Bonchev–Trinajstić information content (AvgIpc) is 3.28. The first-order chi connectivity index (χ1) is 12.2. The predicted molar refractivity (Wildman–Crippen MR) is 89.9 cm³/mol. The summed E-state index contributed by atoms with van der Waals surface area (Å²) in [5.41, 5.74) is 0.311. The Hall–Kier alpha value is -2.70. The number of benzene rings is 1. The number of fused-ring (bicyclic) bond motifs is 1. The number of amides is 1. The van der Waals surface area contributed by atoms with E-state index in [0.717, 1.165) is 12.8 Å². The van der Waals surface area contributed by atoms with E-state index in [1.54, 1.807) is 23.1 Å². The van der Waals surface area contributed by atoms with Gasteiger partial charge >= 0.3 is 0 Å². The number of aromatic nitrogens is 1. The van der Waals surface area contributed by atoms with Crippen molar-refractivity contribution in [1.82, 2.24) is 9.88 Å². The Kier molecular flexibility index (Phi) is 5.42. The van der Waals surface area contributed by atoms with Gasteiger partial charge in [-0.15, -0.1) is 0 Å². The van der Waals surface area contributed by atoms with Gasteiger partial charge in [-0.25, -0.2) is 4.98 Å². The predicted octanol–water partition coefficient (Wildman–Crippen LogP) is 3.24. The lowest BCUT2D eigenvalue weighted by atomic mass is 10.3. The molecule has 0 bridgehead atoms. The first kappa shape index (κ1) is 17.1. The Morgan fingerprint density at radius 2 is 1.96 bits per heavy atom. The summed E-state index contributed by atoms with van der Waals surface area (Å²) < 4.78 is 21.6. The Morgan fingerprint density at radius 1 is 1.20 bits per heavy atom. The summed E-state index contributed by atoms with van der Waals surface area (Å²) in [5.74, 6) is 2.21. The number of carbonyl (C=O) groups excluding carboxylic acids is 1. The Bertz CT molecular complexity index is 722. The summed E-state index contributed by atoms with van der Waals surface area (Å²) >= 11 is 0. The summed E-state index contributed by atoms with van der Waals surface area (Å²) in [6, 6.07) is 5.32. The minimum absolute atomic E-state index is 0.109. The van der Waals surface area contributed by atoms with Crippen LogP contribution in [0, 0.1) is 0 Å². The molecule has 1 amide bonds. The maximum absolute atomic E-state index is 12.5. The fraction of sp³-hybridized carbons (Fsp3) is 0.444. The highest BCUT2D eigenvalue weighted by molar-refractivity contribution is 5.91. The van der Waals surface area contributed by atoms with Crippen molar-refractivity contribution in [3.8, 4) is 17.2 Å². The van der Waals surface area contributed by atoms with Crippen molar-refractivity contribution in [3.63, 3.8) is 0 Å². The number of hydrogen-bond donors (Lipinski definition) is 0. The molecule has 0 spiro atoms. The molecule has 7 nitrogen and oxygen atoms in total. The van der Waals surface area contributed by atoms with Gasteiger partial charge in [-0.05, 0) is 25.0 Å². The zero-order chi connectivity index (χ0) is 17.6. The van der Waals surface area contributed by atoms with E-state index >= 15 is 0 Å². The molecule has 0 aliphatic carbocycles. The third-order valence-electron chi connectivity index (χ3n) is 3.75. The normalized spacial score (nSPS) is 12.2. The molecule has 0 N–H and O–H groups in total. The lowest BCUT2D eigenvalue weighted by molar-refractivity contribution is 0.0749. The smallest absolute Gasteiger partial charge is 0.275 e. The summed E-state index contributed by atoms with van der Waals surface area (Å²) in [5, 5.41) is 0. The molecule has 7 heteroatoms. The average molecular weight is 346 g/mol. The second-order valence-corrected chi connectivity index (χ2v) is 5.72. The number of ether oxygens (including phenoxy) is 3. The van der Waals surface area contributed by atoms with Gasteiger partial charge < -0.3 is 23.5 Å². The Labute approximate surface area is 146 Å². The third-order valence-corrected chi connectivity index (χ3v) is 3.75. The molecule has 2 heterocycles. The van der Waals surface area contributed by atoms with Gasteiger partial charge in [-0.2, -0.15) is 0 Å². The largest absolute Gasteiger partial charge is 0.484 e. The molecule has 1 aliphatic rings. The molecule has 0 unspecified atom stereocenters. The summed E-state index contributed by atoms with van der Waals surface area (Å²) in [4.78, 5) is 18.5. The van der Waals surface area contributed by atoms with Crippen LogP contribution in [0.15, 0.2) is 28.9 Å². The SMILES string of the molecule is CCCN(CCC)C(=O)c1coc(COc2ccc3c(c2)OCO3)n1. The van der Waals surface area contributed by atoms with Crippen LogP contribution in [0.4, 0.5) is 0 Å². The van der Waals surface area contributed by atoms with Crippen LogP contribution < -0.4 is 14.2 Å². The molecule has 0 atom stereocenters. The summed E-state index contributed by atoms with van der Waals surface area (Å²) in [7, 11) is 0. The van der Waals surface area contributed by atoms with Gasteiger partial charge in [0.15, 0.2) is 23.8 Å². The fourth-order valence-electron chi connectivity index (χ4n) is 2.60. The third kappa shape index (κ3) is 4.04. The number of nitrogens with zero attached hydrogens (tertiary/aromatic N) is 2. The first-order valence-corrected chi connectivity index (χ1v) is 8.47. The van der Waals surface area contributed by atoms with E-state index in [0.29, 0.717) is 41.9 Å². The van der Waals surface area contributed by atoms with Gasteiger partial charge in [0.2, 0.25) is 12.7 Å². The van der Waals surface area contributed by atoms with Crippen LogP contribution in [0.3, 0.4) is 0 Å². The zero-order valence-electron chi connectivity index (χ0n) is 14.5. The van der Waals surface area contributed by atoms with E-state index in [2.05, 4.69) is 4.98 Å². The molecule has 3 rings (SSSR count). The van der Waals surface area contributed by atoms with Crippen LogP contribution in [0.5, 0.6) is 17.2 Å². The zero-order valence-corrected chi connectivity index (χ0v) is 14.5. The Balaban J connectivity index is 1.60. The van der Waals surface area contributed by atoms with Crippen molar-refractivity contribution < 1.29 is 23.4 Å². The van der Waals surface area contributed by atoms with E-state index in [9.17, 15) is 4.79 Å². The van der Waals surface area contributed by atoms with Crippen molar-refractivity contribution in [2.24, 2.45) is 0 Å². The molecule has 25 heavy (non-hydrogen) atoms. The van der Waals surface area contributed by atoms with Crippen LogP contribution in [0.25, 0.3) is 0 Å². The van der Waals surface area contributed by atoms with Crippen LogP contribution in [0.2, 0.25) is 0 Å². The van der Waals surface area contributed by atoms with Gasteiger partial charge in [0.25, 0.3) is 5.91 Å². The van der Waals surface area contributed by atoms with Crippen molar-refractivity contribution in [1.29, 1.82) is 0 Å². The van der Waals surface area contributed by atoms with E-state index in [-0.39, 0.29) is 19.3 Å². The molecule has 1 aromatic heterocycles. The second kappa shape index (κ2) is 7.92. The summed E-state index contributed by atoms with van der Waals surface area (Å²) in [6.45, 7) is 5.86. The Morgan fingerprint density at radius 3 is 2.72 bits per heavy atom. The van der Waals surface area contributed by atoms with Crippen molar-refractivity contribution in [2.45, 2.75) is 33.3 Å². The van der Waals surface area contributed by atoms with Crippen LogP contribution in [0.1, 0.15) is 43.1 Å².